The number of likely N-dealkylation sites (tertiary alicyclic amines) is 1. The zero-order valence-corrected chi connectivity index (χ0v) is 10.7. The molecule has 1 saturated heterocycles. The van der Waals surface area contributed by atoms with Gasteiger partial charge in [0.1, 0.15) is 6.04 Å². The van der Waals surface area contributed by atoms with Gasteiger partial charge in [0.15, 0.2) is 0 Å². The Bertz CT molecular complexity index is 321. The molecule has 2 atom stereocenters. The second-order valence-electron chi connectivity index (χ2n) is 4.05. The van der Waals surface area contributed by atoms with Crippen LogP contribution in [0.5, 0.6) is 0 Å². The van der Waals surface area contributed by atoms with Gasteiger partial charge in [0.2, 0.25) is 0 Å². The maximum absolute atomic E-state index is 11.7. The third kappa shape index (κ3) is 4.33. The van der Waals surface area contributed by atoms with E-state index in [2.05, 4.69) is 5.32 Å². The number of urea groups is 1. The number of hydrogen-bond acceptors (Lipinski definition) is 3. The third-order valence-electron chi connectivity index (χ3n) is 2.68. The fourth-order valence-electron chi connectivity index (χ4n) is 1.84. The Labute approximate surface area is 103 Å². The Morgan fingerprint density at radius 3 is 2.82 bits per heavy atom. The average Bonchev–Trinajstić information content (AvgIpc) is 2.72. The summed E-state index contributed by atoms with van der Waals surface area (Å²) in [7, 11) is -0.856. The van der Waals surface area contributed by atoms with Crippen LogP contribution in [-0.2, 0) is 15.6 Å². The first-order valence-corrected chi connectivity index (χ1v) is 7.32. The van der Waals surface area contributed by atoms with Crippen LogP contribution in [0, 0.1) is 0 Å². The summed E-state index contributed by atoms with van der Waals surface area (Å²) in [6.45, 7) is 0.920. The van der Waals surface area contributed by atoms with Crippen molar-refractivity contribution in [3.63, 3.8) is 0 Å². The number of carbonyl (C=O) groups is 2. The van der Waals surface area contributed by atoms with Crippen molar-refractivity contribution in [2.75, 3.05) is 25.1 Å². The SMILES string of the molecule is CS(=O)CCCNC(=O)N1CCCC1C(=O)O. The Balaban J connectivity index is 2.32. The Morgan fingerprint density at radius 1 is 1.53 bits per heavy atom. The van der Waals surface area contributed by atoms with Gasteiger partial charge in [-0.1, -0.05) is 0 Å². The van der Waals surface area contributed by atoms with Crippen LogP contribution in [0.3, 0.4) is 0 Å². The number of carboxylic acid groups (broad SMARTS) is 1. The van der Waals surface area contributed by atoms with Gasteiger partial charge in [-0.05, 0) is 19.3 Å². The minimum atomic E-state index is -0.952. The molecule has 98 valence electrons. The summed E-state index contributed by atoms with van der Waals surface area (Å²) >= 11 is 0. The molecule has 0 spiro atoms. The van der Waals surface area contributed by atoms with Crippen molar-refractivity contribution < 1.29 is 18.9 Å². The molecule has 17 heavy (non-hydrogen) atoms. The van der Waals surface area contributed by atoms with Crippen LogP contribution >= 0.6 is 0 Å². The Kier molecular flexibility index (Phi) is 5.40. The highest BCUT2D eigenvalue weighted by Crippen LogP contribution is 2.17. The van der Waals surface area contributed by atoms with E-state index < -0.39 is 22.8 Å². The normalized spacial score (nSPS) is 21.2. The summed E-state index contributed by atoms with van der Waals surface area (Å²) in [6, 6.07) is -1.04. The molecule has 2 N–H and O–H groups in total. The molecule has 1 fully saturated rings. The van der Waals surface area contributed by atoms with Gasteiger partial charge in [-0.3, -0.25) is 4.21 Å². The van der Waals surface area contributed by atoms with Gasteiger partial charge in [-0.25, -0.2) is 9.59 Å². The first-order valence-electron chi connectivity index (χ1n) is 5.59. The van der Waals surface area contributed by atoms with E-state index in [1.54, 1.807) is 6.26 Å². The van der Waals surface area contributed by atoms with Crippen molar-refractivity contribution >= 4 is 22.8 Å². The lowest BCUT2D eigenvalue weighted by Gasteiger charge is -2.21. The maximum Gasteiger partial charge on any atom is 0.326 e. The van der Waals surface area contributed by atoms with Crippen molar-refractivity contribution in [2.45, 2.75) is 25.3 Å². The highest BCUT2D eigenvalue weighted by atomic mass is 32.2. The van der Waals surface area contributed by atoms with Crippen molar-refractivity contribution in [1.82, 2.24) is 10.2 Å². The molecule has 2 unspecified atom stereocenters. The summed E-state index contributed by atoms with van der Waals surface area (Å²) in [5, 5.41) is 11.6. The van der Waals surface area contributed by atoms with E-state index in [0.29, 0.717) is 31.7 Å². The molecule has 1 rings (SSSR count). The molecule has 0 aromatic heterocycles. The fourth-order valence-corrected chi connectivity index (χ4v) is 2.39. The summed E-state index contributed by atoms with van der Waals surface area (Å²) in [5.41, 5.74) is 0. The standard InChI is InChI=1S/C10H18N2O4S/c1-17(16)7-3-5-11-10(15)12-6-2-4-8(12)9(13)14/h8H,2-7H2,1H3,(H,11,15)(H,13,14). The van der Waals surface area contributed by atoms with Crippen molar-refractivity contribution in [3.05, 3.63) is 0 Å². The zero-order valence-electron chi connectivity index (χ0n) is 9.85. The molecule has 0 bridgehead atoms. The van der Waals surface area contributed by atoms with Crippen molar-refractivity contribution in [3.8, 4) is 0 Å². The molecular formula is C10H18N2O4S. The van der Waals surface area contributed by atoms with Gasteiger partial charge in [-0.15, -0.1) is 0 Å². The summed E-state index contributed by atoms with van der Waals surface area (Å²) in [6.07, 6.45) is 3.49. The molecule has 0 saturated carbocycles. The van der Waals surface area contributed by atoms with Gasteiger partial charge < -0.3 is 15.3 Å². The second kappa shape index (κ2) is 6.58. The molecule has 0 radical (unpaired) electrons. The van der Waals surface area contributed by atoms with Crippen LogP contribution in [-0.4, -0.2) is 57.4 Å². The van der Waals surface area contributed by atoms with Crippen LogP contribution in [0.25, 0.3) is 0 Å². The highest BCUT2D eigenvalue weighted by Gasteiger charge is 2.33. The topological polar surface area (TPSA) is 86.7 Å². The number of hydrogen-bond donors (Lipinski definition) is 2. The number of amides is 2. The van der Waals surface area contributed by atoms with E-state index in [9.17, 15) is 13.8 Å². The van der Waals surface area contributed by atoms with E-state index in [-0.39, 0.29) is 6.03 Å². The minimum Gasteiger partial charge on any atom is -0.480 e. The molecule has 7 heteroatoms. The molecule has 0 aromatic carbocycles. The van der Waals surface area contributed by atoms with Gasteiger partial charge in [0.05, 0.1) is 0 Å². The highest BCUT2D eigenvalue weighted by molar-refractivity contribution is 7.84. The maximum atomic E-state index is 11.7. The van der Waals surface area contributed by atoms with E-state index in [4.69, 9.17) is 5.11 Å². The minimum absolute atomic E-state index is 0.336. The second-order valence-corrected chi connectivity index (χ2v) is 5.61. The van der Waals surface area contributed by atoms with Crippen LogP contribution in [0.1, 0.15) is 19.3 Å². The number of nitrogens with zero attached hydrogens (tertiary/aromatic N) is 1. The van der Waals surface area contributed by atoms with E-state index in [1.807, 2.05) is 0 Å². The predicted molar refractivity (Wildman–Crippen MR) is 64.3 cm³/mol. The molecule has 0 aromatic rings. The number of rotatable bonds is 5. The lowest BCUT2D eigenvalue weighted by Crippen LogP contribution is -2.46. The lowest BCUT2D eigenvalue weighted by atomic mass is 10.2. The average molecular weight is 262 g/mol. The summed E-state index contributed by atoms with van der Waals surface area (Å²) in [5.74, 6) is -0.407. The van der Waals surface area contributed by atoms with E-state index >= 15 is 0 Å². The largest absolute Gasteiger partial charge is 0.480 e. The van der Waals surface area contributed by atoms with E-state index in [0.717, 1.165) is 6.42 Å². The summed E-state index contributed by atoms with van der Waals surface area (Å²) < 4.78 is 10.8. The van der Waals surface area contributed by atoms with Gasteiger partial charge in [0, 0.05) is 35.9 Å². The third-order valence-corrected chi connectivity index (χ3v) is 3.55. The first-order chi connectivity index (χ1) is 8.02. The van der Waals surface area contributed by atoms with Crippen LogP contribution in [0.4, 0.5) is 4.79 Å². The van der Waals surface area contributed by atoms with Crippen molar-refractivity contribution in [1.29, 1.82) is 0 Å². The molecule has 0 aliphatic carbocycles. The van der Waals surface area contributed by atoms with E-state index in [1.165, 1.54) is 4.90 Å². The van der Waals surface area contributed by atoms with Crippen LogP contribution in [0.2, 0.25) is 0 Å². The fraction of sp³-hybridized carbons (Fsp3) is 0.800. The van der Waals surface area contributed by atoms with Crippen LogP contribution in [0.15, 0.2) is 0 Å². The first kappa shape index (κ1) is 14.0. The van der Waals surface area contributed by atoms with Gasteiger partial charge >= 0.3 is 12.0 Å². The number of aliphatic carboxylic acids is 1. The zero-order chi connectivity index (χ0) is 12.8. The van der Waals surface area contributed by atoms with Gasteiger partial charge in [-0.2, -0.15) is 0 Å². The lowest BCUT2D eigenvalue weighted by molar-refractivity contribution is -0.141. The molecule has 1 heterocycles. The molecule has 1 aliphatic heterocycles. The van der Waals surface area contributed by atoms with Crippen LogP contribution < -0.4 is 5.32 Å². The molecule has 2 amide bonds. The quantitative estimate of drug-likeness (QED) is 0.683. The summed E-state index contributed by atoms with van der Waals surface area (Å²) in [4.78, 5) is 23.9. The Morgan fingerprint density at radius 2 is 2.24 bits per heavy atom. The molecule has 6 nitrogen and oxygen atoms in total. The smallest absolute Gasteiger partial charge is 0.326 e. The monoisotopic (exact) mass is 262 g/mol. The molecular weight excluding hydrogens is 244 g/mol. The Hall–Kier alpha value is -1.11. The van der Waals surface area contributed by atoms with Crippen molar-refractivity contribution in [2.24, 2.45) is 0 Å². The number of nitrogens with one attached hydrogen (secondary N) is 1. The molecule has 1 aliphatic rings. The number of carboxylic acids is 1. The predicted octanol–water partition coefficient (Wildman–Crippen LogP) is 0.0136. The number of carbonyl (C=O) groups excluding carboxylic acids is 1. The van der Waals surface area contributed by atoms with Gasteiger partial charge in [0.25, 0.3) is 0 Å².